The molecule has 0 fully saturated rings. The minimum atomic E-state index is -0.0773. The van der Waals surface area contributed by atoms with Gasteiger partial charge in [0, 0.05) is 6.04 Å². The van der Waals surface area contributed by atoms with E-state index in [0.29, 0.717) is 0 Å². The third-order valence-electron chi connectivity index (χ3n) is 2.01. The summed E-state index contributed by atoms with van der Waals surface area (Å²) in [6.07, 6.45) is 3.39. The van der Waals surface area contributed by atoms with Crippen LogP contribution in [0.25, 0.3) is 0 Å². The van der Waals surface area contributed by atoms with Gasteiger partial charge >= 0.3 is 0 Å². The van der Waals surface area contributed by atoms with Crippen molar-refractivity contribution in [1.82, 2.24) is 0 Å². The maximum absolute atomic E-state index is 6.02. The van der Waals surface area contributed by atoms with E-state index in [4.69, 9.17) is 10.5 Å². The van der Waals surface area contributed by atoms with Crippen LogP contribution in [0.3, 0.4) is 0 Å². The lowest BCUT2D eigenvalue weighted by molar-refractivity contribution is -0.0722. The molecular formula is C11H25NO. The van der Waals surface area contributed by atoms with E-state index in [1.54, 1.807) is 0 Å². The Hall–Kier alpha value is -0.0800. The van der Waals surface area contributed by atoms with Crippen molar-refractivity contribution < 1.29 is 4.74 Å². The van der Waals surface area contributed by atoms with Gasteiger partial charge < -0.3 is 10.5 Å². The van der Waals surface area contributed by atoms with Gasteiger partial charge in [-0.2, -0.15) is 0 Å². The van der Waals surface area contributed by atoms with Crippen molar-refractivity contribution in [3.05, 3.63) is 0 Å². The van der Waals surface area contributed by atoms with Gasteiger partial charge in [-0.05, 0) is 33.6 Å². The largest absolute Gasteiger partial charge is 0.371 e. The van der Waals surface area contributed by atoms with Gasteiger partial charge in [0.25, 0.3) is 0 Å². The molecule has 0 aliphatic carbocycles. The van der Waals surface area contributed by atoms with Crippen LogP contribution in [-0.4, -0.2) is 17.7 Å². The fourth-order valence-corrected chi connectivity index (χ4v) is 1.45. The SMILES string of the molecule is CCCC(N)C(CC)OC(C)(C)C. The molecule has 13 heavy (non-hydrogen) atoms. The summed E-state index contributed by atoms with van der Waals surface area (Å²) in [5, 5.41) is 0. The smallest absolute Gasteiger partial charge is 0.0730 e. The summed E-state index contributed by atoms with van der Waals surface area (Å²) in [5.41, 5.74) is 5.94. The quantitative estimate of drug-likeness (QED) is 0.718. The number of hydrogen-bond acceptors (Lipinski definition) is 2. The highest BCUT2D eigenvalue weighted by molar-refractivity contribution is 4.75. The first-order chi connectivity index (χ1) is 5.90. The first-order valence-electron chi connectivity index (χ1n) is 5.34. The monoisotopic (exact) mass is 187 g/mol. The molecule has 2 N–H and O–H groups in total. The molecule has 0 radical (unpaired) electrons. The van der Waals surface area contributed by atoms with Gasteiger partial charge in [-0.3, -0.25) is 0 Å². The third-order valence-corrected chi connectivity index (χ3v) is 2.01. The Morgan fingerprint density at radius 1 is 1.23 bits per heavy atom. The van der Waals surface area contributed by atoms with Crippen LogP contribution in [0, 0.1) is 0 Å². The molecule has 0 amide bonds. The van der Waals surface area contributed by atoms with Crippen LogP contribution in [0.4, 0.5) is 0 Å². The molecule has 0 spiro atoms. The maximum Gasteiger partial charge on any atom is 0.0730 e. The molecule has 0 heterocycles. The maximum atomic E-state index is 6.02. The molecule has 0 aliphatic rings. The standard InChI is InChI=1S/C11H25NO/c1-6-8-9(12)10(7-2)13-11(3,4)5/h9-10H,6-8,12H2,1-5H3. The highest BCUT2D eigenvalue weighted by atomic mass is 16.5. The number of rotatable bonds is 5. The molecule has 0 aromatic heterocycles. The second-order valence-electron chi connectivity index (χ2n) is 4.63. The fourth-order valence-electron chi connectivity index (χ4n) is 1.45. The zero-order chi connectivity index (χ0) is 10.5. The molecule has 0 aromatic rings. The fraction of sp³-hybridized carbons (Fsp3) is 1.00. The molecule has 0 aromatic carbocycles. The predicted molar refractivity (Wildman–Crippen MR) is 57.8 cm³/mol. The van der Waals surface area contributed by atoms with Crippen LogP contribution in [0.2, 0.25) is 0 Å². The summed E-state index contributed by atoms with van der Waals surface area (Å²) in [5.74, 6) is 0. The average molecular weight is 187 g/mol. The predicted octanol–water partition coefficient (Wildman–Crippen LogP) is 2.71. The molecule has 0 bridgehead atoms. The van der Waals surface area contributed by atoms with Gasteiger partial charge in [-0.25, -0.2) is 0 Å². The minimum Gasteiger partial charge on any atom is -0.371 e. The topological polar surface area (TPSA) is 35.2 Å². The molecule has 80 valence electrons. The lowest BCUT2D eigenvalue weighted by atomic mass is 10.0. The molecule has 2 nitrogen and oxygen atoms in total. The molecular weight excluding hydrogens is 162 g/mol. The number of hydrogen-bond donors (Lipinski definition) is 1. The second-order valence-corrected chi connectivity index (χ2v) is 4.63. The Balaban J connectivity index is 4.01. The van der Waals surface area contributed by atoms with Gasteiger partial charge in [-0.1, -0.05) is 20.3 Å². The van der Waals surface area contributed by atoms with Crippen LogP contribution in [0.15, 0.2) is 0 Å². The number of ether oxygens (including phenoxy) is 1. The first-order valence-corrected chi connectivity index (χ1v) is 5.34. The van der Waals surface area contributed by atoms with Crippen LogP contribution in [0.1, 0.15) is 53.9 Å². The highest BCUT2D eigenvalue weighted by Gasteiger charge is 2.22. The summed E-state index contributed by atoms with van der Waals surface area (Å²) in [6.45, 7) is 10.5. The van der Waals surface area contributed by atoms with Gasteiger partial charge in [0.1, 0.15) is 0 Å². The van der Waals surface area contributed by atoms with Crippen LogP contribution in [0.5, 0.6) is 0 Å². The van der Waals surface area contributed by atoms with E-state index in [0.717, 1.165) is 19.3 Å². The Morgan fingerprint density at radius 2 is 1.77 bits per heavy atom. The third kappa shape index (κ3) is 6.05. The highest BCUT2D eigenvalue weighted by Crippen LogP contribution is 2.16. The van der Waals surface area contributed by atoms with Crippen molar-refractivity contribution in [2.75, 3.05) is 0 Å². The molecule has 2 unspecified atom stereocenters. The Bertz CT molecular complexity index is 129. The van der Waals surface area contributed by atoms with E-state index in [2.05, 4.69) is 34.6 Å². The van der Waals surface area contributed by atoms with Gasteiger partial charge in [-0.15, -0.1) is 0 Å². The Labute approximate surface area is 82.8 Å². The van der Waals surface area contributed by atoms with E-state index < -0.39 is 0 Å². The molecule has 2 heteroatoms. The van der Waals surface area contributed by atoms with E-state index in [1.807, 2.05) is 0 Å². The van der Waals surface area contributed by atoms with Crippen molar-refractivity contribution in [3.63, 3.8) is 0 Å². The normalized spacial score (nSPS) is 17.1. The van der Waals surface area contributed by atoms with Crippen LogP contribution < -0.4 is 5.73 Å². The summed E-state index contributed by atoms with van der Waals surface area (Å²) in [7, 11) is 0. The Kier molecular flexibility index (Phi) is 5.57. The van der Waals surface area contributed by atoms with E-state index in [-0.39, 0.29) is 17.7 Å². The lowest BCUT2D eigenvalue weighted by Gasteiger charge is -2.30. The zero-order valence-corrected chi connectivity index (χ0v) is 9.76. The van der Waals surface area contributed by atoms with Crippen molar-refractivity contribution in [1.29, 1.82) is 0 Å². The van der Waals surface area contributed by atoms with Gasteiger partial charge in [0.2, 0.25) is 0 Å². The molecule has 0 saturated carbocycles. The molecule has 0 rings (SSSR count). The zero-order valence-electron chi connectivity index (χ0n) is 9.76. The van der Waals surface area contributed by atoms with Crippen molar-refractivity contribution in [3.8, 4) is 0 Å². The lowest BCUT2D eigenvalue weighted by Crippen LogP contribution is -2.40. The van der Waals surface area contributed by atoms with E-state index in [9.17, 15) is 0 Å². The van der Waals surface area contributed by atoms with Gasteiger partial charge in [0.05, 0.1) is 11.7 Å². The summed E-state index contributed by atoms with van der Waals surface area (Å²) in [4.78, 5) is 0. The number of nitrogens with two attached hydrogens (primary N) is 1. The molecule has 0 saturated heterocycles. The summed E-state index contributed by atoms with van der Waals surface area (Å²) < 4.78 is 5.88. The van der Waals surface area contributed by atoms with Gasteiger partial charge in [0.15, 0.2) is 0 Å². The van der Waals surface area contributed by atoms with Crippen LogP contribution in [-0.2, 0) is 4.74 Å². The summed E-state index contributed by atoms with van der Waals surface area (Å²) >= 11 is 0. The minimum absolute atomic E-state index is 0.0773. The van der Waals surface area contributed by atoms with E-state index >= 15 is 0 Å². The molecule has 0 aliphatic heterocycles. The van der Waals surface area contributed by atoms with Crippen molar-refractivity contribution in [2.24, 2.45) is 5.73 Å². The first kappa shape index (κ1) is 12.9. The summed E-state index contributed by atoms with van der Waals surface area (Å²) in [6, 6.07) is 0.189. The van der Waals surface area contributed by atoms with Crippen molar-refractivity contribution >= 4 is 0 Å². The Morgan fingerprint density at radius 3 is 2.08 bits per heavy atom. The second kappa shape index (κ2) is 5.61. The molecule has 2 atom stereocenters. The average Bonchev–Trinajstić information content (AvgIpc) is 1.99. The van der Waals surface area contributed by atoms with Crippen molar-refractivity contribution in [2.45, 2.75) is 71.6 Å². The van der Waals surface area contributed by atoms with Crippen LogP contribution >= 0.6 is 0 Å². The van der Waals surface area contributed by atoms with E-state index in [1.165, 1.54) is 0 Å².